The summed E-state index contributed by atoms with van der Waals surface area (Å²) < 4.78 is 8.91. The number of anilines is 1. The smallest absolute Gasteiger partial charge is 0.340 e. The van der Waals surface area contributed by atoms with Gasteiger partial charge in [-0.05, 0) is 71.4 Å². The Hall–Kier alpha value is -4.53. The van der Waals surface area contributed by atoms with Gasteiger partial charge in [0.2, 0.25) is 0 Å². The molecular formula is C30H32N6O3. The number of rotatable bonds is 5. The van der Waals surface area contributed by atoms with Crippen molar-refractivity contribution in [2.24, 2.45) is 7.05 Å². The van der Waals surface area contributed by atoms with Crippen LogP contribution in [0.3, 0.4) is 0 Å². The van der Waals surface area contributed by atoms with Crippen molar-refractivity contribution in [2.45, 2.75) is 53.2 Å². The van der Waals surface area contributed by atoms with Gasteiger partial charge in [0.05, 0.1) is 23.0 Å². The molecule has 39 heavy (non-hydrogen) atoms. The fraction of sp³-hybridized carbons (Fsp3) is 0.300. The first-order valence-corrected chi connectivity index (χ1v) is 12.8. The Balaban J connectivity index is 1.58. The Kier molecular flexibility index (Phi) is 6.46. The highest BCUT2D eigenvalue weighted by molar-refractivity contribution is 5.96. The zero-order valence-electron chi connectivity index (χ0n) is 23.2. The lowest BCUT2D eigenvalue weighted by Crippen LogP contribution is -2.25. The molecule has 0 aliphatic heterocycles. The van der Waals surface area contributed by atoms with Gasteiger partial charge in [-0.15, -0.1) is 0 Å². The van der Waals surface area contributed by atoms with Crippen LogP contribution >= 0.6 is 0 Å². The average molecular weight is 525 g/mol. The van der Waals surface area contributed by atoms with E-state index in [1.54, 1.807) is 33.6 Å². The summed E-state index contributed by atoms with van der Waals surface area (Å²) in [7, 11) is 1.85. The molecule has 0 radical (unpaired) electrons. The number of carbonyl (C=O) groups excluding carboxylic acids is 1. The molecule has 4 heterocycles. The minimum atomic E-state index is -0.615. The predicted molar refractivity (Wildman–Crippen MR) is 152 cm³/mol. The lowest BCUT2D eigenvalue weighted by molar-refractivity contribution is 0.00706. The van der Waals surface area contributed by atoms with E-state index in [0.717, 1.165) is 33.4 Å². The molecule has 0 amide bonds. The maximum absolute atomic E-state index is 13.3. The number of hydrogen-bond acceptors (Lipinski definition) is 7. The highest BCUT2D eigenvalue weighted by Gasteiger charge is 2.22. The molecule has 0 bridgehead atoms. The van der Waals surface area contributed by atoms with Crippen LogP contribution in [0.5, 0.6) is 0 Å². The topological polar surface area (TPSA) is 103 Å². The molecule has 5 aromatic rings. The van der Waals surface area contributed by atoms with E-state index in [1.165, 1.54) is 6.07 Å². The number of nitrogens with zero attached hydrogens (tertiary/aromatic N) is 5. The number of aromatic nitrogens is 5. The first kappa shape index (κ1) is 26.1. The van der Waals surface area contributed by atoms with Crippen molar-refractivity contribution in [1.29, 1.82) is 0 Å². The van der Waals surface area contributed by atoms with Gasteiger partial charge >= 0.3 is 5.97 Å². The Morgan fingerprint density at radius 2 is 1.82 bits per heavy atom. The molecule has 0 spiro atoms. The minimum Gasteiger partial charge on any atom is -0.456 e. The largest absolute Gasteiger partial charge is 0.456 e. The second-order valence-electron chi connectivity index (χ2n) is 10.9. The van der Waals surface area contributed by atoms with E-state index in [2.05, 4.69) is 15.4 Å². The number of aryl methyl sites for hydroxylation is 3. The fourth-order valence-electron chi connectivity index (χ4n) is 4.72. The molecule has 1 N–H and O–H groups in total. The van der Waals surface area contributed by atoms with Crippen LogP contribution in [0.25, 0.3) is 27.9 Å². The van der Waals surface area contributed by atoms with E-state index in [0.29, 0.717) is 22.6 Å². The number of fused-ring (bicyclic) bond motifs is 2. The van der Waals surface area contributed by atoms with Crippen molar-refractivity contribution >= 4 is 28.3 Å². The fourth-order valence-corrected chi connectivity index (χ4v) is 4.72. The van der Waals surface area contributed by atoms with Gasteiger partial charge in [0.25, 0.3) is 5.56 Å². The van der Waals surface area contributed by atoms with Crippen LogP contribution in [-0.4, -0.2) is 35.7 Å². The second-order valence-corrected chi connectivity index (χ2v) is 10.9. The first-order chi connectivity index (χ1) is 18.4. The molecule has 0 saturated carbocycles. The molecule has 9 heteroatoms. The van der Waals surface area contributed by atoms with Crippen molar-refractivity contribution < 1.29 is 9.53 Å². The normalized spacial score (nSPS) is 12.6. The van der Waals surface area contributed by atoms with Crippen LogP contribution < -0.4 is 10.9 Å². The highest BCUT2D eigenvalue weighted by atomic mass is 16.6. The van der Waals surface area contributed by atoms with Gasteiger partial charge < -0.3 is 10.1 Å². The lowest BCUT2D eigenvalue weighted by atomic mass is 10.1. The van der Waals surface area contributed by atoms with Crippen LogP contribution in [0.2, 0.25) is 0 Å². The molecule has 1 atom stereocenters. The summed E-state index contributed by atoms with van der Waals surface area (Å²) in [6.45, 7) is 11.4. The summed E-state index contributed by atoms with van der Waals surface area (Å²) in [5.74, 6) is -0.405. The SMILES string of the molecule is Cc1cc([C@@H](C)Nc2ccccc2C(=O)OC(C)(C)C)c2nc(-c3cnc4c(c3)c(C)nn4C)cc(=O)n2c1. The molecule has 0 aliphatic carbocycles. The zero-order valence-corrected chi connectivity index (χ0v) is 23.2. The summed E-state index contributed by atoms with van der Waals surface area (Å²) >= 11 is 0. The van der Waals surface area contributed by atoms with Crippen LogP contribution in [-0.2, 0) is 11.8 Å². The van der Waals surface area contributed by atoms with Crippen molar-refractivity contribution in [2.75, 3.05) is 5.32 Å². The molecule has 9 nitrogen and oxygen atoms in total. The van der Waals surface area contributed by atoms with Gasteiger partial charge in [-0.25, -0.2) is 14.8 Å². The number of hydrogen-bond donors (Lipinski definition) is 1. The van der Waals surface area contributed by atoms with Crippen LogP contribution in [0.4, 0.5) is 5.69 Å². The standard InChI is InChI=1S/C30H32N6O3/c1-17-12-22(18(2)32-24-11-9-8-10-21(24)29(38)39-30(4,5)6)28-33-25(14-26(37)36(28)16-17)20-13-23-19(3)34-35(7)27(23)31-15-20/h8-16,18,32H,1-7H3/t18-/m1/s1. The molecule has 0 unspecified atom stereocenters. The van der Waals surface area contributed by atoms with Gasteiger partial charge in [0.1, 0.15) is 11.2 Å². The van der Waals surface area contributed by atoms with Gasteiger partial charge in [-0.3, -0.25) is 13.9 Å². The van der Waals surface area contributed by atoms with Gasteiger partial charge in [-0.1, -0.05) is 12.1 Å². The Morgan fingerprint density at radius 3 is 2.56 bits per heavy atom. The van der Waals surface area contributed by atoms with Gasteiger partial charge in [-0.2, -0.15) is 5.10 Å². The molecule has 200 valence electrons. The maximum Gasteiger partial charge on any atom is 0.340 e. The molecule has 0 aliphatic rings. The van der Waals surface area contributed by atoms with Gasteiger partial charge in [0, 0.05) is 47.7 Å². The Bertz CT molecular complexity index is 1800. The van der Waals surface area contributed by atoms with E-state index in [1.807, 2.05) is 72.9 Å². The van der Waals surface area contributed by atoms with E-state index >= 15 is 0 Å². The number of nitrogens with one attached hydrogen (secondary N) is 1. The number of esters is 1. The van der Waals surface area contributed by atoms with Crippen molar-refractivity contribution in [3.05, 3.63) is 87.6 Å². The summed E-state index contributed by atoms with van der Waals surface area (Å²) in [6.07, 6.45) is 3.50. The number of carbonyl (C=O) groups is 1. The first-order valence-electron chi connectivity index (χ1n) is 12.8. The third-order valence-corrected chi connectivity index (χ3v) is 6.47. The van der Waals surface area contributed by atoms with Crippen molar-refractivity contribution in [3.8, 4) is 11.3 Å². The van der Waals surface area contributed by atoms with Crippen LogP contribution in [0, 0.1) is 13.8 Å². The molecular weight excluding hydrogens is 492 g/mol. The number of pyridine rings is 2. The van der Waals surface area contributed by atoms with E-state index < -0.39 is 11.6 Å². The van der Waals surface area contributed by atoms with E-state index in [-0.39, 0.29) is 11.6 Å². The predicted octanol–water partition coefficient (Wildman–Crippen LogP) is 5.39. The minimum absolute atomic E-state index is 0.190. The summed E-state index contributed by atoms with van der Waals surface area (Å²) in [5, 5.41) is 8.80. The number of benzene rings is 1. The molecule has 5 rings (SSSR count). The van der Waals surface area contributed by atoms with Gasteiger partial charge in [0.15, 0.2) is 5.65 Å². The number of ether oxygens (including phenoxy) is 1. The number of para-hydroxylation sites is 1. The van der Waals surface area contributed by atoms with Crippen LogP contribution in [0.15, 0.2) is 59.7 Å². The van der Waals surface area contributed by atoms with Crippen molar-refractivity contribution in [1.82, 2.24) is 24.1 Å². The summed E-state index contributed by atoms with van der Waals surface area (Å²) in [6, 6.07) is 12.5. The monoisotopic (exact) mass is 524 g/mol. The third kappa shape index (κ3) is 5.12. The van der Waals surface area contributed by atoms with E-state index in [9.17, 15) is 9.59 Å². The quantitative estimate of drug-likeness (QED) is 0.308. The molecule has 0 fully saturated rings. The molecule has 4 aromatic heterocycles. The zero-order chi connectivity index (χ0) is 28.1. The van der Waals surface area contributed by atoms with E-state index in [4.69, 9.17) is 9.72 Å². The van der Waals surface area contributed by atoms with Crippen molar-refractivity contribution in [3.63, 3.8) is 0 Å². The summed E-state index contributed by atoms with van der Waals surface area (Å²) in [5.41, 5.74) is 5.43. The van der Waals surface area contributed by atoms with Crippen LogP contribution in [0.1, 0.15) is 60.9 Å². The Morgan fingerprint density at radius 1 is 1.08 bits per heavy atom. The highest BCUT2D eigenvalue weighted by Crippen LogP contribution is 2.28. The Labute approximate surface area is 226 Å². The summed E-state index contributed by atoms with van der Waals surface area (Å²) in [4.78, 5) is 35.7. The third-order valence-electron chi connectivity index (χ3n) is 6.47. The molecule has 0 saturated heterocycles. The molecule has 1 aromatic carbocycles. The average Bonchev–Trinajstić information content (AvgIpc) is 3.15. The second kappa shape index (κ2) is 9.65. The lowest BCUT2D eigenvalue weighted by Gasteiger charge is -2.23. The maximum atomic E-state index is 13.3.